The molecule has 1 aliphatic heterocycles. The summed E-state index contributed by atoms with van der Waals surface area (Å²) in [7, 11) is 1.83. The number of fused-ring (bicyclic) bond motifs is 1. The first-order valence-corrected chi connectivity index (χ1v) is 7.64. The lowest BCUT2D eigenvalue weighted by atomic mass is 9.92. The zero-order valence-electron chi connectivity index (χ0n) is 13.0. The number of aliphatic carboxylic acids is 1. The first-order chi connectivity index (χ1) is 11.1. The van der Waals surface area contributed by atoms with Gasteiger partial charge in [0.25, 0.3) is 0 Å². The molecule has 0 unspecified atom stereocenters. The van der Waals surface area contributed by atoms with Crippen molar-refractivity contribution in [2.75, 3.05) is 6.54 Å². The van der Waals surface area contributed by atoms with Crippen LogP contribution in [-0.4, -0.2) is 38.2 Å². The summed E-state index contributed by atoms with van der Waals surface area (Å²) in [6.07, 6.45) is 5.15. The second-order valence-electron chi connectivity index (χ2n) is 5.80. The van der Waals surface area contributed by atoms with E-state index >= 15 is 0 Å². The Balaban J connectivity index is 1.76. The van der Waals surface area contributed by atoms with E-state index in [4.69, 9.17) is 0 Å². The molecular formula is C17H19N3O3. The fourth-order valence-electron chi connectivity index (χ4n) is 3.10. The van der Waals surface area contributed by atoms with Crippen LogP contribution in [-0.2, 0) is 29.5 Å². The Morgan fingerprint density at radius 3 is 2.83 bits per heavy atom. The highest BCUT2D eigenvalue weighted by molar-refractivity contribution is 5.85. The summed E-state index contributed by atoms with van der Waals surface area (Å²) >= 11 is 0. The molecule has 3 rings (SSSR count). The number of hydrogen-bond donors (Lipinski definition) is 1. The smallest absolute Gasteiger partial charge is 0.331 e. The summed E-state index contributed by atoms with van der Waals surface area (Å²) in [5, 5.41) is 13.7. The van der Waals surface area contributed by atoms with E-state index in [1.807, 2.05) is 31.4 Å². The number of aryl methyl sites for hydroxylation is 2. The minimum absolute atomic E-state index is 0.129. The summed E-state index contributed by atoms with van der Waals surface area (Å²) in [4.78, 5) is 25.7. The number of rotatable bonds is 4. The number of carboxylic acids is 1. The first-order valence-electron chi connectivity index (χ1n) is 7.64. The van der Waals surface area contributed by atoms with Crippen LogP contribution in [0.2, 0.25) is 0 Å². The number of hydrogen-bond acceptors (Lipinski definition) is 3. The van der Waals surface area contributed by atoms with Gasteiger partial charge in [-0.15, -0.1) is 0 Å². The molecule has 6 nitrogen and oxygen atoms in total. The van der Waals surface area contributed by atoms with Crippen molar-refractivity contribution in [3.05, 3.63) is 53.3 Å². The molecule has 1 aromatic carbocycles. The molecule has 1 N–H and O–H groups in total. The highest BCUT2D eigenvalue weighted by atomic mass is 16.4. The molecule has 2 heterocycles. The number of aromatic nitrogens is 2. The Morgan fingerprint density at radius 1 is 1.35 bits per heavy atom. The lowest BCUT2D eigenvalue weighted by molar-refractivity contribution is -0.151. The SMILES string of the molecule is Cn1cc(CCC(=O)N2CCc3ccccc3[C@H]2C(=O)O)cn1. The Bertz CT molecular complexity index is 738. The molecule has 1 aromatic heterocycles. The highest BCUT2D eigenvalue weighted by Crippen LogP contribution is 2.30. The zero-order valence-corrected chi connectivity index (χ0v) is 13.0. The van der Waals surface area contributed by atoms with E-state index in [1.54, 1.807) is 16.9 Å². The standard InChI is InChI=1S/C17H19N3O3/c1-19-11-12(10-18-19)6-7-15(21)20-9-8-13-4-2-3-5-14(13)16(20)17(22)23/h2-5,10-11,16H,6-9H2,1H3,(H,22,23)/t16-/m0/s1. The van der Waals surface area contributed by atoms with Crippen molar-refractivity contribution in [3.8, 4) is 0 Å². The van der Waals surface area contributed by atoms with Gasteiger partial charge in [-0.05, 0) is 29.5 Å². The summed E-state index contributed by atoms with van der Waals surface area (Å²) in [6.45, 7) is 0.444. The van der Waals surface area contributed by atoms with Crippen molar-refractivity contribution < 1.29 is 14.7 Å². The van der Waals surface area contributed by atoms with Crippen molar-refractivity contribution in [1.82, 2.24) is 14.7 Å². The predicted octanol–water partition coefficient (Wildman–Crippen LogP) is 1.56. The predicted molar refractivity (Wildman–Crippen MR) is 83.8 cm³/mol. The Kier molecular flexibility index (Phi) is 4.14. The number of carbonyl (C=O) groups is 2. The van der Waals surface area contributed by atoms with Crippen molar-refractivity contribution in [3.63, 3.8) is 0 Å². The molecule has 1 amide bonds. The van der Waals surface area contributed by atoms with Crippen LogP contribution in [0.15, 0.2) is 36.7 Å². The number of carbonyl (C=O) groups excluding carboxylic acids is 1. The van der Waals surface area contributed by atoms with E-state index in [2.05, 4.69) is 5.10 Å². The van der Waals surface area contributed by atoms with Gasteiger partial charge in [-0.25, -0.2) is 4.79 Å². The van der Waals surface area contributed by atoms with Crippen molar-refractivity contribution in [2.24, 2.45) is 7.05 Å². The molecular weight excluding hydrogens is 294 g/mol. The van der Waals surface area contributed by atoms with Crippen LogP contribution in [0.3, 0.4) is 0 Å². The molecule has 0 fully saturated rings. The fraction of sp³-hybridized carbons (Fsp3) is 0.353. The summed E-state index contributed by atoms with van der Waals surface area (Å²) in [5.74, 6) is -1.11. The average molecular weight is 313 g/mol. The fourth-order valence-corrected chi connectivity index (χ4v) is 3.10. The van der Waals surface area contributed by atoms with Crippen LogP contribution in [0.25, 0.3) is 0 Å². The van der Waals surface area contributed by atoms with E-state index < -0.39 is 12.0 Å². The monoisotopic (exact) mass is 313 g/mol. The zero-order chi connectivity index (χ0) is 16.4. The summed E-state index contributed by atoms with van der Waals surface area (Å²) < 4.78 is 1.69. The van der Waals surface area contributed by atoms with Gasteiger partial charge < -0.3 is 10.0 Å². The van der Waals surface area contributed by atoms with Crippen molar-refractivity contribution in [1.29, 1.82) is 0 Å². The minimum Gasteiger partial charge on any atom is -0.479 e. The topological polar surface area (TPSA) is 75.4 Å². The van der Waals surface area contributed by atoms with Crippen molar-refractivity contribution in [2.45, 2.75) is 25.3 Å². The van der Waals surface area contributed by atoms with E-state index in [-0.39, 0.29) is 12.3 Å². The van der Waals surface area contributed by atoms with Gasteiger partial charge in [-0.1, -0.05) is 24.3 Å². The van der Waals surface area contributed by atoms with Crippen LogP contribution in [0.1, 0.15) is 29.2 Å². The van der Waals surface area contributed by atoms with Gasteiger partial charge in [0.2, 0.25) is 5.91 Å². The third kappa shape index (κ3) is 3.11. The Labute approximate surface area is 134 Å². The highest BCUT2D eigenvalue weighted by Gasteiger charge is 2.35. The van der Waals surface area contributed by atoms with E-state index in [0.717, 1.165) is 16.7 Å². The number of carboxylic acid groups (broad SMARTS) is 1. The van der Waals surface area contributed by atoms with Crippen LogP contribution >= 0.6 is 0 Å². The van der Waals surface area contributed by atoms with E-state index in [0.29, 0.717) is 19.4 Å². The third-order valence-corrected chi connectivity index (χ3v) is 4.22. The normalized spacial score (nSPS) is 16.9. The molecule has 1 aliphatic rings. The molecule has 0 saturated heterocycles. The molecule has 0 radical (unpaired) electrons. The van der Waals surface area contributed by atoms with Crippen LogP contribution < -0.4 is 0 Å². The first kappa shape index (κ1) is 15.3. The molecule has 23 heavy (non-hydrogen) atoms. The van der Waals surface area contributed by atoms with Crippen molar-refractivity contribution >= 4 is 11.9 Å². The minimum atomic E-state index is -0.980. The summed E-state index contributed by atoms with van der Waals surface area (Å²) in [5.41, 5.74) is 2.71. The number of amides is 1. The molecule has 0 bridgehead atoms. The maximum atomic E-state index is 12.5. The van der Waals surface area contributed by atoms with Gasteiger partial charge in [0.1, 0.15) is 0 Å². The average Bonchev–Trinajstić information content (AvgIpc) is 2.96. The molecule has 0 spiro atoms. The Hall–Kier alpha value is -2.63. The second kappa shape index (κ2) is 6.24. The van der Waals surface area contributed by atoms with Crippen LogP contribution in [0, 0.1) is 0 Å². The van der Waals surface area contributed by atoms with Gasteiger partial charge in [0, 0.05) is 26.2 Å². The largest absolute Gasteiger partial charge is 0.479 e. The van der Waals surface area contributed by atoms with Crippen LogP contribution in [0.5, 0.6) is 0 Å². The maximum Gasteiger partial charge on any atom is 0.331 e. The molecule has 2 aromatic rings. The van der Waals surface area contributed by atoms with E-state index in [9.17, 15) is 14.7 Å². The lowest BCUT2D eigenvalue weighted by Crippen LogP contribution is -2.43. The van der Waals surface area contributed by atoms with Gasteiger partial charge in [0.15, 0.2) is 6.04 Å². The van der Waals surface area contributed by atoms with Gasteiger partial charge in [-0.3, -0.25) is 9.48 Å². The Morgan fingerprint density at radius 2 is 2.13 bits per heavy atom. The maximum absolute atomic E-state index is 12.5. The number of nitrogens with zero attached hydrogens (tertiary/aromatic N) is 3. The molecule has 1 atom stereocenters. The molecule has 0 saturated carbocycles. The number of benzene rings is 1. The molecule has 0 aliphatic carbocycles. The van der Waals surface area contributed by atoms with Gasteiger partial charge in [-0.2, -0.15) is 5.10 Å². The molecule has 6 heteroatoms. The quantitative estimate of drug-likeness (QED) is 0.929. The summed E-state index contributed by atoms with van der Waals surface area (Å²) in [6, 6.07) is 6.56. The third-order valence-electron chi connectivity index (χ3n) is 4.22. The van der Waals surface area contributed by atoms with Gasteiger partial charge >= 0.3 is 5.97 Å². The second-order valence-corrected chi connectivity index (χ2v) is 5.80. The van der Waals surface area contributed by atoms with E-state index in [1.165, 1.54) is 4.90 Å². The van der Waals surface area contributed by atoms with Gasteiger partial charge in [0.05, 0.1) is 6.20 Å². The lowest BCUT2D eigenvalue weighted by Gasteiger charge is -2.34. The molecule has 120 valence electrons. The van der Waals surface area contributed by atoms with Crippen LogP contribution in [0.4, 0.5) is 0 Å².